The second kappa shape index (κ2) is 4.41. The molecule has 74 valence electrons. The molecule has 0 aliphatic heterocycles. The van der Waals surface area contributed by atoms with Crippen LogP contribution in [0.3, 0.4) is 0 Å². The number of pyridine rings is 1. The Balaban J connectivity index is 2.95. The second-order valence-corrected chi connectivity index (χ2v) is 2.80. The molecule has 1 aromatic rings. The molecule has 0 fully saturated rings. The predicted molar refractivity (Wildman–Crippen MR) is 54.9 cm³/mol. The van der Waals surface area contributed by atoms with E-state index in [4.69, 9.17) is 0 Å². The van der Waals surface area contributed by atoms with Gasteiger partial charge in [-0.3, -0.25) is 9.59 Å². The largest absolute Gasteiger partial charge is 0.358 e. The van der Waals surface area contributed by atoms with Gasteiger partial charge in [0.05, 0.1) is 0 Å². The van der Waals surface area contributed by atoms with Crippen molar-refractivity contribution in [3.8, 4) is 0 Å². The van der Waals surface area contributed by atoms with Crippen LogP contribution in [-0.2, 0) is 11.3 Å². The highest BCUT2D eigenvalue weighted by atomic mass is 16.2. The van der Waals surface area contributed by atoms with Crippen molar-refractivity contribution in [3.63, 3.8) is 0 Å². The summed E-state index contributed by atoms with van der Waals surface area (Å²) in [5.41, 5.74) is 0.550. The van der Waals surface area contributed by atoms with Crippen molar-refractivity contribution in [2.24, 2.45) is 0 Å². The van der Waals surface area contributed by atoms with Gasteiger partial charge in [-0.05, 0) is 11.6 Å². The molecular weight excluding hydrogens is 180 g/mol. The summed E-state index contributed by atoms with van der Waals surface area (Å²) in [5, 5.41) is 2.45. The highest BCUT2D eigenvalue weighted by molar-refractivity contribution is 5.75. The zero-order valence-electron chi connectivity index (χ0n) is 7.99. The summed E-state index contributed by atoms with van der Waals surface area (Å²) in [4.78, 5) is 22.4. The summed E-state index contributed by atoms with van der Waals surface area (Å²) < 4.78 is 1.34. The van der Waals surface area contributed by atoms with Crippen molar-refractivity contribution < 1.29 is 4.79 Å². The van der Waals surface area contributed by atoms with E-state index in [1.807, 2.05) is 0 Å². The Labute approximate surface area is 81.9 Å². The van der Waals surface area contributed by atoms with Gasteiger partial charge in [0.25, 0.3) is 5.56 Å². The van der Waals surface area contributed by atoms with Crippen LogP contribution in [0.2, 0.25) is 0 Å². The molecule has 0 atom stereocenters. The number of nitrogens with one attached hydrogen (secondary N) is 1. The van der Waals surface area contributed by atoms with E-state index in [1.165, 1.54) is 17.7 Å². The van der Waals surface area contributed by atoms with Gasteiger partial charge in [-0.2, -0.15) is 0 Å². The molecule has 0 spiro atoms. The number of rotatable bonds is 3. The number of hydrogen-bond donors (Lipinski definition) is 1. The fourth-order valence-electron chi connectivity index (χ4n) is 1.01. The number of aromatic nitrogens is 1. The summed E-state index contributed by atoms with van der Waals surface area (Å²) in [6.45, 7) is 3.60. The smallest absolute Gasteiger partial charge is 0.251 e. The number of amides is 1. The van der Waals surface area contributed by atoms with Gasteiger partial charge >= 0.3 is 0 Å². The van der Waals surface area contributed by atoms with Gasteiger partial charge in [0, 0.05) is 19.3 Å². The number of carbonyl (C=O) groups excluding carboxylic acids is 1. The summed E-state index contributed by atoms with van der Waals surface area (Å²) in [6.07, 6.45) is 3.17. The maximum atomic E-state index is 11.4. The van der Waals surface area contributed by atoms with Crippen LogP contribution in [0.25, 0.3) is 6.08 Å². The van der Waals surface area contributed by atoms with Crippen LogP contribution in [0.4, 0.5) is 0 Å². The number of hydrogen-bond acceptors (Lipinski definition) is 2. The van der Waals surface area contributed by atoms with Crippen molar-refractivity contribution in [1.29, 1.82) is 0 Å². The Morgan fingerprint density at radius 3 is 2.93 bits per heavy atom. The standard InChI is InChI=1S/C10H12N2O2/c1-3-8-4-5-12(10(14)6-8)7-9(13)11-2/h3-6H,1,7H2,2H3,(H,11,13). The van der Waals surface area contributed by atoms with Gasteiger partial charge < -0.3 is 9.88 Å². The van der Waals surface area contributed by atoms with Crippen molar-refractivity contribution in [2.45, 2.75) is 6.54 Å². The third-order valence-electron chi connectivity index (χ3n) is 1.85. The molecular formula is C10H12N2O2. The molecule has 0 bridgehead atoms. The number of nitrogens with zero attached hydrogens (tertiary/aromatic N) is 1. The first kappa shape index (κ1) is 10.2. The third-order valence-corrected chi connectivity index (χ3v) is 1.85. The Morgan fingerprint density at radius 2 is 2.43 bits per heavy atom. The Kier molecular flexibility index (Phi) is 3.23. The fraction of sp³-hybridized carbons (Fsp3) is 0.200. The fourth-order valence-corrected chi connectivity index (χ4v) is 1.01. The average Bonchev–Trinajstić information content (AvgIpc) is 2.20. The lowest BCUT2D eigenvalue weighted by atomic mass is 10.2. The third kappa shape index (κ3) is 2.32. The lowest BCUT2D eigenvalue weighted by Crippen LogP contribution is -2.29. The van der Waals surface area contributed by atoms with E-state index < -0.39 is 0 Å². The molecule has 1 amide bonds. The molecule has 1 rings (SSSR count). The van der Waals surface area contributed by atoms with Crippen molar-refractivity contribution in [2.75, 3.05) is 7.05 Å². The summed E-state index contributed by atoms with van der Waals surface area (Å²) >= 11 is 0. The number of likely N-dealkylation sites (N-methyl/N-ethyl adjacent to an activating group) is 1. The van der Waals surface area contributed by atoms with Gasteiger partial charge in [-0.25, -0.2) is 0 Å². The average molecular weight is 192 g/mol. The molecule has 0 aromatic carbocycles. The van der Waals surface area contributed by atoms with Gasteiger partial charge in [-0.1, -0.05) is 12.7 Å². The molecule has 0 aliphatic rings. The molecule has 0 saturated carbocycles. The van der Waals surface area contributed by atoms with E-state index in [-0.39, 0.29) is 18.0 Å². The second-order valence-electron chi connectivity index (χ2n) is 2.80. The summed E-state index contributed by atoms with van der Waals surface area (Å²) in [6, 6.07) is 3.17. The molecule has 0 radical (unpaired) electrons. The van der Waals surface area contributed by atoms with Crippen LogP contribution in [0.15, 0.2) is 29.7 Å². The number of carbonyl (C=O) groups is 1. The Morgan fingerprint density at radius 1 is 1.71 bits per heavy atom. The first-order chi connectivity index (χ1) is 6.67. The van der Waals surface area contributed by atoms with Crippen molar-refractivity contribution in [3.05, 3.63) is 40.8 Å². The van der Waals surface area contributed by atoms with E-state index in [0.717, 1.165) is 5.56 Å². The summed E-state index contributed by atoms with van der Waals surface area (Å²) in [7, 11) is 1.53. The topological polar surface area (TPSA) is 51.1 Å². The molecule has 0 saturated heterocycles. The SMILES string of the molecule is C=Cc1ccn(CC(=O)NC)c(=O)c1. The first-order valence-corrected chi connectivity index (χ1v) is 4.21. The van der Waals surface area contributed by atoms with Crippen LogP contribution in [0, 0.1) is 0 Å². The van der Waals surface area contributed by atoms with Gasteiger partial charge in [0.1, 0.15) is 6.54 Å². The van der Waals surface area contributed by atoms with Gasteiger partial charge in [0.15, 0.2) is 0 Å². The maximum absolute atomic E-state index is 11.4. The van der Waals surface area contributed by atoms with Crippen LogP contribution < -0.4 is 10.9 Å². The van der Waals surface area contributed by atoms with Crippen LogP contribution in [-0.4, -0.2) is 17.5 Å². The Bertz CT molecular complexity index is 407. The first-order valence-electron chi connectivity index (χ1n) is 4.21. The van der Waals surface area contributed by atoms with Crippen LogP contribution in [0.5, 0.6) is 0 Å². The van der Waals surface area contributed by atoms with E-state index >= 15 is 0 Å². The molecule has 0 unspecified atom stereocenters. The molecule has 1 aromatic heterocycles. The van der Waals surface area contributed by atoms with Crippen LogP contribution >= 0.6 is 0 Å². The molecule has 1 N–H and O–H groups in total. The molecule has 0 aliphatic carbocycles. The van der Waals surface area contributed by atoms with Gasteiger partial charge in [0.2, 0.25) is 5.91 Å². The summed E-state index contributed by atoms with van der Waals surface area (Å²) in [5.74, 6) is -0.196. The molecule has 1 heterocycles. The van der Waals surface area contributed by atoms with E-state index in [1.54, 1.807) is 18.3 Å². The monoisotopic (exact) mass is 192 g/mol. The highest BCUT2D eigenvalue weighted by Crippen LogP contribution is 1.95. The van der Waals surface area contributed by atoms with E-state index in [0.29, 0.717) is 0 Å². The minimum atomic E-state index is -0.203. The zero-order chi connectivity index (χ0) is 10.6. The minimum absolute atomic E-state index is 0.0484. The van der Waals surface area contributed by atoms with Crippen molar-refractivity contribution in [1.82, 2.24) is 9.88 Å². The van der Waals surface area contributed by atoms with Crippen molar-refractivity contribution >= 4 is 12.0 Å². The van der Waals surface area contributed by atoms with E-state index in [9.17, 15) is 9.59 Å². The Hall–Kier alpha value is -1.84. The quantitative estimate of drug-likeness (QED) is 0.745. The minimum Gasteiger partial charge on any atom is -0.358 e. The predicted octanol–water partition coefficient (Wildman–Crippen LogP) is 0.237. The lowest BCUT2D eigenvalue weighted by molar-refractivity contribution is -0.121. The lowest BCUT2D eigenvalue weighted by Gasteiger charge is -2.03. The molecule has 4 heteroatoms. The van der Waals surface area contributed by atoms with Crippen LogP contribution in [0.1, 0.15) is 5.56 Å². The zero-order valence-corrected chi connectivity index (χ0v) is 7.99. The molecule has 4 nitrogen and oxygen atoms in total. The molecule has 14 heavy (non-hydrogen) atoms. The van der Waals surface area contributed by atoms with E-state index in [2.05, 4.69) is 11.9 Å². The normalized spacial score (nSPS) is 9.50. The highest BCUT2D eigenvalue weighted by Gasteiger charge is 2.01. The van der Waals surface area contributed by atoms with Gasteiger partial charge in [-0.15, -0.1) is 0 Å². The maximum Gasteiger partial charge on any atom is 0.251 e.